The van der Waals surface area contributed by atoms with Crippen molar-refractivity contribution in [2.24, 2.45) is 0 Å². The molecule has 0 atom stereocenters. The smallest absolute Gasteiger partial charge is 0.351 e. The molecule has 0 amide bonds. The fourth-order valence-corrected chi connectivity index (χ4v) is 5.14. The minimum atomic E-state index is -0.678. The number of thioether (sulfide) groups is 1. The van der Waals surface area contributed by atoms with Gasteiger partial charge in [0.05, 0.1) is 17.8 Å². The van der Waals surface area contributed by atoms with Crippen LogP contribution >= 0.6 is 11.8 Å². The molecule has 2 aromatic heterocycles. The second-order valence-electron chi connectivity index (χ2n) is 8.57. The minimum absolute atomic E-state index is 0.0741. The zero-order chi connectivity index (χ0) is 24.9. The van der Waals surface area contributed by atoms with E-state index in [2.05, 4.69) is 43.3 Å². The Labute approximate surface area is 213 Å². The van der Waals surface area contributed by atoms with E-state index in [4.69, 9.17) is 14.1 Å². The fourth-order valence-electron chi connectivity index (χ4n) is 4.05. The van der Waals surface area contributed by atoms with Crippen molar-refractivity contribution in [3.05, 3.63) is 106 Å². The highest BCUT2D eigenvalue weighted by Crippen LogP contribution is 2.32. The average molecular weight is 496 g/mol. The molecule has 0 saturated heterocycles. The Kier molecular flexibility index (Phi) is 7.14. The van der Waals surface area contributed by atoms with Gasteiger partial charge in [0, 0.05) is 21.2 Å². The van der Waals surface area contributed by atoms with Crippen molar-refractivity contribution in [2.75, 3.05) is 12.4 Å². The molecule has 5 nitrogen and oxygen atoms in total. The summed E-state index contributed by atoms with van der Waals surface area (Å²) in [5, 5.41) is 1.82. The van der Waals surface area contributed by atoms with Crippen LogP contribution in [0.3, 0.4) is 0 Å². The van der Waals surface area contributed by atoms with Crippen LogP contribution in [0, 0.1) is 6.92 Å². The number of hydrogen-bond acceptors (Lipinski definition) is 6. The zero-order valence-electron chi connectivity index (χ0n) is 19.9. The number of benzene rings is 3. The van der Waals surface area contributed by atoms with Gasteiger partial charge in [0.2, 0.25) is 0 Å². The maximum absolute atomic E-state index is 12.4. The number of aryl methyl sites for hydroxylation is 1. The number of carbonyl (C=O) groups excluding carboxylic acids is 1. The van der Waals surface area contributed by atoms with Crippen LogP contribution in [0.25, 0.3) is 33.1 Å². The molecule has 6 heteroatoms. The third kappa shape index (κ3) is 5.34. The van der Waals surface area contributed by atoms with Crippen molar-refractivity contribution >= 4 is 39.6 Å². The average Bonchev–Trinajstić information content (AvgIpc) is 2.89. The lowest BCUT2D eigenvalue weighted by Gasteiger charge is -2.10. The third-order valence-corrected chi connectivity index (χ3v) is 7.02. The van der Waals surface area contributed by atoms with Crippen LogP contribution < -0.4 is 5.63 Å². The highest BCUT2D eigenvalue weighted by Gasteiger charge is 2.15. The highest BCUT2D eigenvalue weighted by molar-refractivity contribution is 7.99. The van der Waals surface area contributed by atoms with Gasteiger partial charge < -0.3 is 9.15 Å². The van der Waals surface area contributed by atoms with Crippen LogP contribution in [-0.2, 0) is 4.74 Å². The molecule has 0 bridgehead atoms. The van der Waals surface area contributed by atoms with Gasteiger partial charge >= 0.3 is 11.6 Å². The molecule has 5 aromatic rings. The summed E-state index contributed by atoms with van der Waals surface area (Å²) in [5.74, 6) is 0.224. The van der Waals surface area contributed by atoms with Gasteiger partial charge in [0.25, 0.3) is 0 Å². The first-order chi connectivity index (χ1) is 17.6. The van der Waals surface area contributed by atoms with Gasteiger partial charge in [0.15, 0.2) is 0 Å². The van der Waals surface area contributed by atoms with Crippen molar-refractivity contribution in [1.29, 1.82) is 0 Å². The first kappa shape index (κ1) is 23.8. The Bertz CT molecular complexity index is 1610. The predicted molar refractivity (Wildman–Crippen MR) is 145 cm³/mol. The summed E-state index contributed by atoms with van der Waals surface area (Å²) >= 11 is 1.78. The number of aromatic nitrogens is 1. The summed E-state index contributed by atoms with van der Waals surface area (Å²) in [7, 11) is 0. The van der Waals surface area contributed by atoms with E-state index in [1.807, 2.05) is 24.3 Å². The molecule has 2 heterocycles. The van der Waals surface area contributed by atoms with E-state index >= 15 is 0 Å². The predicted octanol–water partition coefficient (Wildman–Crippen LogP) is 7.05. The topological polar surface area (TPSA) is 69.4 Å². The summed E-state index contributed by atoms with van der Waals surface area (Å²) in [4.78, 5) is 30.6. The van der Waals surface area contributed by atoms with Crippen LogP contribution in [0.5, 0.6) is 0 Å². The highest BCUT2D eigenvalue weighted by atomic mass is 32.2. The number of pyridine rings is 1. The lowest BCUT2D eigenvalue weighted by Crippen LogP contribution is -2.17. The molecule has 36 heavy (non-hydrogen) atoms. The summed E-state index contributed by atoms with van der Waals surface area (Å²) < 4.78 is 10.6. The van der Waals surface area contributed by atoms with Crippen molar-refractivity contribution in [3.8, 4) is 11.3 Å². The SMILES string of the molecule is Cc1cccc(-c2cc(SCCCCOC(=O)c3cc4ccccc4oc3=O)c3ccccc3n2)c1. The van der Waals surface area contributed by atoms with Crippen LogP contribution in [0.15, 0.2) is 99.0 Å². The number of para-hydroxylation sites is 2. The van der Waals surface area contributed by atoms with E-state index in [1.54, 1.807) is 30.0 Å². The molecule has 3 aromatic carbocycles. The zero-order valence-corrected chi connectivity index (χ0v) is 20.7. The van der Waals surface area contributed by atoms with E-state index in [1.165, 1.54) is 16.5 Å². The Hall–Kier alpha value is -3.90. The largest absolute Gasteiger partial charge is 0.462 e. The number of fused-ring (bicyclic) bond motifs is 2. The Morgan fingerprint density at radius 2 is 1.78 bits per heavy atom. The van der Waals surface area contributed by atoms with Gasteiger partial charge in [-0.2, -0.15) is 0 Å². The van der Waals surface area contributed by atoms with E-state index in [9.17, 15) is 9.59 Å². The minimum Gasteiger partial charge on any atom is -0.462 e. The summed E-state index contributed by atoms with van der Waals surface area (Å²) in [6.07, 6.45) is 1.56. The van der Waals surface area contributed by atoms with Crippen molar-refractivity contribution in [3.63, 3.8) is 0 Å². The van der Waals surface area contributed by atoms with Gasteiger partial charge in [0.1, 0.15) is 11.1 Å². The van der Waals surface area contributed by atoms with Crippen LogP contribution in [0.2, 0.25) is 0 Å². The summed E-state index contributed by atoms with van der Waals surface area (Å²) in [5.41, 5.74) is 3.94. The van der Waals surface area contributed by atoms with Crippen molar-refractivity contribution < 1.29 is 13.9 Å². The van der Waals surface area contributed by atoms with Gasteiger partial charge in [-0.05, 0) is 55.9 Å². The van der Waals surface area contributed by atoms with Gasteiger partial charge in [-0.3, -0.25) is 0 Å². The lowest BCUT2D eigenvalue weighted by molar-refractivity contribution is 0.0495. The van der Waals surface area contributed by atoms with E-state index in [0.717, 1.165) is 34.3 Å². The quantitative estimate of drug-likeness (QED) is 0.0995. The number of ether oxygens (including phenoxy) is 1. The van der Waals surface area contributed by atoms with Gasteiger partial charge in [-0.1, -0.05) is 60.2 Å². The monoisotopic (exact) mass is 495 g/mol. The van der Waals surface area contributed by atoms with Crippen molar-refractivity contribution in [1.82, 2.24) is 4.98 Å². The number of unbranched alkanes of at least 4 members (excludes halogenated alkanes) is 1. The summed E-state index contributed by atoms with van der Waals surface area (Å²) in [6.45, 7) is 2.33. The standard InChI is InChI=1S/C30H25NO4S/c1-20-9-8-11-21(17-20)26-19-28(23-12-3-4-13-25(23)31-26)36-16-7-6-15-34-29(32)24-18-22-10-2-5-14-27(22)35-30(24)33/h2-5,8-14,17-19H,6-7,15-16H2,1H3. The molecule has 0 aliphatic carbocycles. The van der Waals surface area contributed by atoms with Crippen LogP contribution in [0.1, 0.15) is 28.8 Å². The first-order valence-electron chi connectivity index (χ1n) is 11.9. The molecule has 5 rings (SSSR count). The van der Waals surface area contributed by atoms with Gasteiger partial charge in [-0.25, -0.2) is 14.6 Å². The molecular weight excluding hydrogens is 470 g/mol. The van der Waals surface area contributed by atoms with Crippen LogP contribution in [0.4, 0.5) is 0 Å². The lowest BCUT2D eigenvalue weighted by atomic mass is 10.1. The maximum atomic E-state index is 12.4. The van der Waals surface area contributed by atoms with Crippen molar-refractivity contribution in [2.45, 2.75) is 24.7 Å². The molecular formula is C30H25NO4S. The molecule has 180 valence electrons. The Morgan fingerprint density at radius 1 is 0.944 bits per heavy atom. The third-order valence-electron chi connectivity index (χ3n) is 5.88. The number of carbonyl (C=O) groups is 1. The molecule has 0 N–H and O–H groups in total. The van der Waals surface area contributed by atoms with Crippen LogP contribution in [-0.4, -0.2) is 23.3 Å². The molecule has 0 unspecified atom stereocenters. The summed E-state index contributed by atoms with van der Waals surface area (Å²) in [6, 6.07) is 27.3. The second kappa shape index (κ2) is 10.8. The van der Waals surface area contributed by atoms with E-state index in [-0.39, 0.29) is 12.2 Å². The Morgan fingerprint density at radius 3 is 2.67 bits per heavy atom. The number of hydrogen-bond donors (Lipinski definition) is 0. The normalized spacial score (nSPS) is 11.1. The first-order valence-corrected chi connectivity index (χ1v) is 12.9. The second-order valence-corrected chi connectivity index (χ2v) is 9.71. The maximum Gasteiger partial charge on any atom is 0.351 e. The van der Waals surface area contributed by atoms with E-state index in [0.29, 0.717) is 17.4 Å². The number of nitrogens with zero attached hydrogens (tertiary/aromatic N) is 1. The molecule has 0 radical (unpaired) electrons. The Balaban J connectivity index is 1.19. The molecule has 0 aliphatic rings. The van der Waals surface area contributed by atoms with E-state index < -0.39 is 11.6 Å². The molecule has 0 spiro atoms. The van der Waals surface area contributed by atoms with Gasteiger partial charge in [-0.15, -0.1) is 11.8 Å². The number of rotatable bonds is 8. The number of esters is 1. The molecule has 0 fully saturated rings. The fraction of sp³-hybridized carbons (Fsp3) is 0.167. The molecule has 0 saturated carbocycles. The molecule has 0 aliphatic heterocycles.